The van der Waals surface area contributed by atoms with E-state index in [2.05, 4.69) is 12.2 Å². The Morgan fingerprint density at radius 3 is 2.72 bits per heavy atom. The molecule has 1 aliphatic carbocycles. The zero-order valence-electron chi connectivity index (χ0n) is 11.4. The molecular formula is C14H26N2O2. The second kappa shape index (κ2) is 6.53. The largest absolute Gasteiger partial charge is 0.396 e. The average molecular weight is 254 g/mol. The van der Waals surface area contributed by atoms with Crippen LogP contribution in [0.5, 0.6) is 0 Å². The molecular weight excluding hydrogens is 228 g/mol. The maximum atomic E-state index is 12.6. The standard InChI is InChI=1S/C14H26N2O2/c1-11-8-12(10-15-9-11)14(18)16(6-3-7-17)13-4-2-5-13/h11-13,15,17H,2-10H2,1H3. The number of hydrogen-bond donors (Lipinski definition) is 2. The number of nitrogens with one attached hydrogen (secondary N) is 1. The van der Waals surface area contributed by atoms with Gasteiger partial charge in [0.1, 0.15) is 0 Å². The molecule has 2 fully saturated rings. The molecule has 104 valence electrons. The molecule has 18 heavy (non-hydrogen) atoms. The number of aliphatic hydroxyl groups is 1. The molecule has 0 spiro atoms. The first-order valence-corrected chi connectivity index (χ1v) is 7.34. The molecule has 1 saturated heterocycles. The number of hydrogen-bond acceptors (Lipinski definition) is 3. The monoisotopic (exact) mass is 254 g/mol. The van der Waals surface area contributed by atoms with Crippen LogP contribution in [0.15, 0.2) is 0 Å². The molecule has 4 nitrogen and oxygen atoms in total. The molecule has 1 heterocycles. The van der Waals surface area contributed by atoms with Crippen LogP contribution in [0.3, 0.4) is 0 Å². The number of rotatable bonds is 5. The Labute approximate surface area is 110 Å². The van der Waals surface area contributed by atoms with Crippen molar-refractivity contribution in [2.75, 3.05) is 26.2 Å². The minimum atomic E-state index is 0.146. The fourth-order valence-electron chi connectivity index (χ4n) is 2.99. The molecule has 2 unspecified atom stereocenters. The van der Waals surface area contributed by atoms with Crippen LogP contribution >= 0.6 is 0 Å². The molecule has 2 aliphatic rings. The van der Waals surface area contributed by atoms with Crippen LogP contribution < -0.4 is 5.32 Å². The molecule has 2 atom stereocenters. The summed E-state index contributed by atoms with van der Waals surface area (Å²) in [6.45, 7) is 4.96. The van der Waals surface area contributed by atoms with Crippen molar-refractivity contribution in [1.29, 1.82) is 0 Å². The van der Waals surface area contributed by atoms with Gasteiger partial charge in [-0.15, -0.1) is 0 Å². The maximum absolute atomic E-state index is 12.6. The topological polar surface area (TPSA) is 52.6 Å². The van der Waals surface area contributed by atoms with Crippen molar-refractivity contribution in [2.45, 2.75) is 45.1 Å². The third-order valence-corrected chi connectivity index (χ3v) is 4.28. The number of carbonyl (C=O) groups excluding carboxylic acids is 1. The molecule has 1 aliphatic heterocycles. The second-order valence-corrected chi connectivity index (χ2v) is 5.89. The van der Waals surface area contributed by atoms with Crippen LogP contribution in [0.4, 0.5) is 0 Å². The smallest absolute Gasteiger partial charge is 0.227 e. The van der Waals surface area contributed by atoms with Gasteiger partial charge in [0.05, 0.1) is 5.92 Å². The molecule has 0 aromatic carbocycles. The number of piperidine rings is 1. The van der Waals surface area contributed by atoms with Gasteiger partial charge in [-0.1, -0.05) is 6.92 Å². The number of nitrogens with zero attached hydrogens (tertiary/aromatic N) is 1. The Morgan fingerprint density at radius 2 is 2.17 bits per heavy atom. The highest BCUT2D eigenvalue weighted by molar-refractivity contribution is 5.79. The first-order chi connectivity index (χ1) is 8.72. The lowest BCUT2D eigenvalue weighted by molar-refractivity contribution is -0.140. The number of aliphatic hydroxyl groups excluding tert-OH is 1. The van der Waals surface area contributed by atoms with Crippen LogP contribution in [0.25, 0.3) is 0 Å². The zero-order chi connectivity index (χ0) is 13.0. The third-order valence-electron chi connectivity index (χ3n) is 4.28. The van der Waals surface area contributed by atoms with Gasteiger partial charge in [-0.3, -0.25) is 4.79 Å². The first kappa shape index (κ1) is 13.8. The summed E-state index contributed by atoms with van der Waals surface area (Å²) in [6.07, 6.45) is 5.25. The van der Waals surface area contributed by atoms with E-state index in [9.17, 15) is 4.79 Å². The summed E-state index contributed by atoms with van der Waals surface area (Å²) in [5.74, 6) is 1.05. The van der Waals surface area contributed by atoms with E-state index < -0.39 is 0 Å². The van der Waals surface area contributed by atoms with Gasteiger partial charge in [0.15, 0.2) is 0 Å². The number of carbonyl (C=O) groups is 1. The number of amides is 1. The molecule has 1 saturated carbocycles. The van der Waals surface area contributed by atoms with Crippen molar-refractivity contribution in [3.63, 3.8) is 0 Å². The van der Waals surface area contributed by atoms with Crippen LogP contribution in [0.2, 0.25) is 0 Å². The van der Waals surface area contributed by atoms with E-state index in [1.165, 1.54) is 6.42 Å². The Hall–Kier alpha value is -0.610. The summed E-state index contributed by atoms with van der Waals surface area (Å²) in [7, 11) is 0. The van der Waals surface area contributed by atoms with Gasteiger partial charge in [-0.25, -0.2) is 0 Å². The lowest BCUT2D eigenvalue weighted by atomic mass is 9.87. The molecule has 0 aromatic rings. The van der Waals surface area contributed by atoms with Crippen LogP contribution in [-0.2, 0) is 4.79 Å². The lowest BCUT2D eigenvalue weighted by Crippen LogP contribution is -2.51. The van der Waals surface area contributed by atoms with Gasteiger partial charge < -0.3 is 15.3 Å². The van der Waals surface area contributed by atoms with Gasteiger partial charge in [0, 0.05) is 25.7 Å². The third kappa shape index (κ3) is 3.23. The highest BCUT2D eigenvalue weighted by Gasteiger charge is 2.34. The Bertz CT molecular complexity index is 279. The van der Waals surface area contributed by atoms with Crippen molar-refractivity contribution in [1.82, 2.24) is 10.2 Å². The molecule has 0 aromatic heterocycles. The van der Waals surface area contributed by atoms with E-state index in [-0.39, 0.29) is 12.5 Å². The van der Waals surface area contributed by atoms with E-state index in [1.807, 2.05) is 4.90 Å². The predicted molar refractivity (Wildman–Crippen MR) is 71.2 cm³/mol. The van der Waals surface area contributed by atoms with Crippen molar-refractivity contribution in [2.24, 2.45) is 11.8 Å². The van der Waals surface area contributed by atoms with Gasteiger partial charge in [0.2, 0.25) is 5.91 Å². The van der Waals surface area contributed by atoms with Crippen LogP contribution in [0.1, 0.15) is 39.0 Å². The van der Waals surface area contributed by atoms with E-state index in [4.69, 9.17) is 5.11 Å². The summed E-state index contributed by atoms with van der Waals surface area (Å²) < 4.78 is 0. The SMILES string of the molecule is CC1CNCC(C(=O)N(CCCO)C2CCC2)C1. The van der Waals surface area contributed by atoms with Gasteiger partial charge in [-0.05, 0) is 44.6 Å². The summed E-state index contributed by atoms with van der Waals surface area (Å²) >= 11 is 0. The fraction of sp³-hybridized carbons (Fsp3) is 0.929. The Morgan fingerprint density at radius 1 is 1.39 bits per heavy atom. The average Bonchev–Trinajstić information content (AvgIpc) is 2.31. The lowest BCUT2D eigenvalue weighted by Gasteiger charge is -2.40. The van der Waals surface area contributed by atoms with Crippen molar-refractivity contribution in [3.8, 4) is 0 Å². The minimum Gasteiger partial charge on any atom is -0.396 e. The molecule has 4 heteroatoms. The van der Waals surface area contributed by atoms with E-state index in [1.54, 1.807) is 0 Å². The predicted octanol–water partition coefficient (Wildman–Crippen LogP) is 0.995. The van der Waals surface area contributed by atoms with E-state index >= 15 is 0 Å². The van der Waals surface area contributed by atoms with E-state index in [0.29, 0.717) is 24.3 Å². The quantitative estimate of drug-likeness (QED) is 0.769. The minimum absolute atomic E-state index is 0.146. The maximum Gasteiger partial charge on any atom is 0.227 e. The van der Waals surface area contributed by atoms with Crippen molar-refractivity contribution in [3.05, 3.63) is 0 Å². The highest BCUT2D eigenvalue weighted by Crippen LogP contribution is 2.28. The van der Waals surface area contributed by atoms with Gasteiger partial charge >= 0.3 is 0 Å². The highest BCUT2D eigenvalue weighted by atomic mass is 16.3. The zero-order valence-corrected chi connectivity index (χ0v) is 11.4. The summed E-state index contributed by atoms with van der Waals surface area (Å²) in [5.41, 5.74) is 0. The molecule has 0 bridgehead atoms. The summed E-state index contributed by atoms with van der Waals surface area (Å²) in [4.78, 5) is 14.6. The van der Waals surface area contributed by atoms with Gasteiger partial charge in [0.25, 0.3) is 0 Å². The van der Waals surface area contributed by atoms with Crippen LogP contribution in [-0.4, -0.2) is 48.2 Å². The molecule has 1 amide bonds. The Balaban J connectivity index is 1.93. The molecule has 2 rings (SSSR count). The van der Waals surface area contributed by atoms with Crippen LogP contribution in [0, 0.1) is 11.8 Å². The summed E-state index contributed by atoms with van der Waals surface area (Å²) in [6, 6.07) is 0.446. The fourth-order valence-corrected chi connectivity index (χ4v) is 2.99. The van der Waals surface area contributed by atoms with Crippen molar-refractivity contribution < 1.29 is 9.90 Å². The normalized spacial score (nSPS) is 28.8. The second-order valence-electron chi connectivity index (χ2n) is 5.89. The molecule has 0 radical (unpaired) electrons. The Kier molecular flexibility index (Phi) is 5.01. The first-order valence-electron chi connectivity index (χ1n) is 7.34. The van der Waals surface area contributed by atoms with E-state index in [0.717, 1.165) is 38.9 Å². The van der Waals surface area contributed by atoms with Gasteiger partial charge in [-0.2, -0.15) is 0 Å². The summed E-state index contributed by atoms with van der Waals surface area (Å²) in [5, 5.41) is 12.3. The van der Waals surface area contributed by atoms with Crippen molar-refractivity contribution >= 4 is 5.91 Å². The molecule has 2 N–H and O–H groups in total.